The molecular weight excluding hydrogens is 252 g/mol. The Balaban J connectivity index is 2.33. The molecule has 1 saturated carbocycles. The predicted octanol–water partition coefficient (Wildman–Crippen LogP) is 3.88. The van der Waals surface area contributed by atoms with Gasteiger partial charge in [0, 0.05) is 11.6 Å². The van der Waals surface area contributed by atoms with Gasteiger partial charge in [-0.2, -0.15) is 0 Å². The van der Waals surface area contributed by atoms with Crippen LogP contribution in [0.25, 0.3) is 0 Å². The van der Waals surface area contributed by atoms with Crippen molar-refractivity contribution in [2.75, 3.05) is 14.2 Å². The minimum Gasteiger partial charge on any atom is -0.497 e. The van der Waals surface area contributed by atoms with Crippen LogP contribution in [-0.4, -0.2) is 19.3 Å². The van der Waals surface area contributed by atoms with E-state index in [2.05, 4.69) is 13.8 Å². The van der Waals surface area contributed by atoms with Crippen LogP contribution < -0.4 is 9.47 Å². The fraction of sp³-hybridized carbons (Fsp3) is 0.647. The second-order valence-electron chi connectivity index (χ2n) is 6.62. The highest BCUT2D eigenvalue weighted by molar-refractivity contribution is 5.44. The van der Waals surface area contributed by atoms with Crippen molar-refractivity contribution < 1.29 is 14.6 Å². The molecule has 1 aliphatic carbocycles. The molecule has 0 heterocycles. The van der Waals surface area contributed by atoms with Gasteiger partial charge in [-0.15, -0.1) is 0 Å². The summed E-state index contributed by atoms with van der Waals surface area (Å²) in [5.74, 6) is 1.47. The molecule has 0 aliphatic heterocycles. The fourth-order valence-electron chi connectivity index (χ4n) is 3.11. The molecule has 0 spiro atoms. The van der Waals surface area contributed by atoms with Gasteiger partial charge >= 0.3 is 0 Å². The quantitative estimate of drug-likeness (QED) is 0.853. The van der Waals surface area contributed by atoms with Crippen LogP contribution in [0, 0.1) is 5.41 Å². The zero-order chi connectivity index (χ0) is 14.8. The van der Waals surface area contributed by atoms with Gasteiger partial charge < -0.3 is 14.6 Å². The molecule has 3 heteroatoms. The molecule has 0 amide bonds. The Bertz CT molecular complexity index is 467. The molecule has 0 aromatic heterocycles. The van der Waals surface area contributed by atoms with E-state index in [0.29, 0.717) is 11.2 Å². The molecule has 0 bridgehead atoms. The Labute approximate surface area is 121 Å². The highest BCUT2D eigenvalue weighted by atomic mass is 16.5. The average Bonchev–Trinajstić information content (AvgIpc) is 2.57. The molecule has 1 fully saturated rings. The standard InChI is InChI=1S/C17H26O3/c1-16(2)8-5-9-17(18,11-10-16)14-7-6-13(19-3)12-15(14)20-4/h6-7,12,18H,5,8-11H2,1-4H3. The zero-order valence-electron chi connectivity index (χ0n) is 13.0. The molecule has 1 atom stereocenters. The van der Waals surface area contributed by atoms with Crippen molar-refractivity contribution in [3.05, 3.63) is 23.8 Å². The van der Waals surface area contributed by atoms with Crippen molar-refractivity contribution in [2.45, 2.75) is 51.6 Å². The van der Waals surface area contributed by atoms with Gasteiger partial charge in [0.15, 0.2) is 0 Å². The molecule has 112 valence electrons. The first-order chi connectivity index (χ1) is 9.40. The first-order valence-electron chi connectivity index (χ1n) is 7.35. The van der Waals surface area contributed by atoms with E-state index in [1.165, 1.54) is 0 Å². The lowest BCUT2D eigenvalue weighted by atomic mass is 9.82. The number of rotatable bonds is 3. The van der Waals surface area contributed by atoms with Gasteiger partial charge in [0.2, 0.25) is 0 Å². The van der Waals surface area contributed by atoms with Crippen LogP contribution in [0.2, 0.25) is 0 Å². The SMILES string of the molecule is COc1ccc(C2(O)CCCC(C)(C)CC2)c(OC)c1. The Hall–Kier alpha value is -1.22. The summed E-state index contributed by atoms with van der Waals surface area (Å²) in [5, 5.41) is 11.1. The number of hydrogen-bond donors (Lipinski definition) is 1. The van der Waals surface area contributed by atoms with E-state index >= 15 is 0 Å². The molecule has 0 radical (unpaired) electrons. The second kappa shape index (κ2) is 5.65. The molecule has 1 unspecified atom stereocenters. The maximum absolute atomic E-state index is 11.1. The largest absolute Gasteiger partial charge is 0.497 e. The summed E-state index contributed by atoms with van der Waals surface area (Å²) in [4.78, 5) is 0. The van der Waals surface area contributed by atoms with Crippen molar-refractivity contribution in [3.63, 3.8) is 0 Å². The number of ether oxygens (including phenoxy) is 2. The predicted molar refractivity (Wildman–Crippen MR) is 80.3 cm³/mol. The van der Waals surface area contributed by atoms with Crippen molar-refractivity contribution in [2.24, 2.45) is 5.41 Å². The Morgan fingerprint density at radius 1 is 1.00 bits per heavy atom. The second-order valence-corrected chi connectivity index (χ2v) is 6.62. The fourth-order valence-corrected chi connectivity index (χ4v) is 3.11. The van der Waals surface area contributed by atoms with Gasteiger partial charge in [0.1, 0.15) is 11.5 Å². The lowest BCUT2D eigenvalue weighted by Gasteiger charge is -2.30. The van der Waals surface area contributed by atoms with Gasteiger partial charge in [-0.05, 0) is 49.7 Å². The third-order valence-electron chi connectivity index (χ3n) is 4.57. The van der Waals surface area contributed by atoms with E-state index in [1.807, 2.05) is 18.2 Å². The van der Waals surface area contributed by atoms with Crippen LogP contribution in [0.1, 0.15) is 51.5 Å². The van der Waals surface area contributed by atoms with Gasteiger partial charge in [-0.25, -0.2) is 0 Å². The zero-order valence-corrected chi connectivity index (χ0v) is 13.0. The molecule has 1 aliphatic rings. The van der Waals surface area contributed by atoms with Crippen LogP contribution >= 0.6 is 0 Å². The van der Waals surface area contributed by atoms with E-state index < -0.39 is 5.60 Å². The maximum atomic E-state index is 11.1. The number of methoxy groups -OCH3 is 2. The van der Waals surface area contributed by atoms with E-state index in [1.54, 1.807) is 14.2 Å². The topological polar surface area (TPSA) is 38.7 Å². The van der Waals surface area contributed by atoms with Crippen LogP contribution in [0.3, 0.4) is 0 Å². The van der Waals surface area contributed by atoms with Gasteiger partial charge in [-0.1, -0.05) is 13.8 Å². The normalized spacial score (nSPS) is 25.9. The van der Waals surface area contributed by atoms with Gasteiger partial charge in [0.05, 0.1) is 19.8 Å². The summed E-state index contributed by atoms with van der Waals surface area (Å²) in [6, 6.07) is 5.69. The minimum atomic E-state index is -0.786. The molecule has 20 heavy (non-hydrogen) atoms. The molecule has 3 nitrogen and oxygen atoms in total. The van der Waals surface area contributed by atoms with Crippen LogP contribution in [0.15, 0.2) is 18.2 Å². The molecule has 1 N–H and O–H groups in total. The summed E-state index contributed by atoms with van der Waals surface area (Å²) in [6.07, 6.45) is 4.80. The molecule has 2 rings (SSSR count). The van der Waals surface area contributed by atoms with E-state index in [9.17, 15) is 5.11 Å². The van der Waals surface area contributed by atoms with Crippen LogP contribution in [-0.2, 0) is 5.60 Å². The van der Waals surface area contributed by atoms with Crippen LogP contribution in [0.5, 0.6) is 11.5 Å². The lowest BCUT2D eigenvalue weighted by molar-refractivity contribution is 0.0158. The number of benzene rings is 1. The molecule has 0 saturated heterocycles. The maximum Gasteiger partial charge on any atom is 0.128 e. The number of aliphatic hydroxyl groups is 1. The van der Waals surface area contributed by atoms with E-state index in [0.717, 1.165) is 43.4 Å². The third-order valence-corrected chi connectivity index (χ3v) is 4.57. The Morgan fingerprint density at radius 2 is 1.75 bits per heavy atom. The average molecular weight is 278 g/mol. The smallest absolute Gasteiger partial charge is 0.128 e. The van der Waals surface area contributed by atoms with Crippen molar-refractivity contribution in [1.29, 1.82) is 0 Å². The summed E-state index contributed by atoms with van der Waals surface area (Å²) in [5.41, 5.74) is 0.411. The van der Waals surface area contributed by atoms with Crippen molar-refractivity contribution in [3.8, 4) is 11.5 Å². The first-order valence-corrected chi connectivity index (χ1v) is 7.35. The summed E-state index contributed by atoms with van der Waals surface area (Å²) in [7, 11) is 3.28. The summed E-state index contributed by atoms with van der Waals surface area (Å²) in [6.45, 7) is 4.56. The van der Waals surface area contributed by atoms with Gasteiger partial charge in [-0.3, -0.25) is 0 Å². The Kier molecular flexibility index (Phi) is 4.28. The van der Waals surface area contributed by atoms with Crippen molar-refractivity contribution >= 4 is 0 Å². The van der Waals surface area contributed by atoms with Crippen LogP contribution in [0.4, 0.5) is 0 Å². The minimum absolute atomic E-state index is 0.310. The highest BCUT2D eigenvalue weighted by Gasteiger charge is 2.37. The van der Waals surface area contributed by atoms with E-state index in [-0.39, 0.29) is 0 Å². The number of hydrogen-bond acceptors (Lipinski definition) is 3. The Morgan fingerprint density at radius 3 is 2.40 bits per heavy atom. The summed E-state index contributed by atoms with van der Waals surface area (Å²) >= 11 is 0. The van der Waals surface area contributed by atoms with Crippen molar-refractivity contribution in [1.82, 2.24) is 0 Å². The molecular formula is C17H26O3. The monoisotopic (exact) mass is 278 g/mol. The van der Waals surface area contributed by atoms with E-state index in [4.69, 9.17) is 9.47 Å². The molecule has 1 aromatic carbocycles. The van der Waals surface area contributed by atoms with Gasteiger partial charge in [0.25, 0.3) is 0 Å². The summed E-state index contributed by atoms with van der Waals surface area (Å²) < 4.78 is 10.7. The first kappa shape index (κ1) is 15.2. The lowest BCUT2D eigenvalue weighted by Crippen LogP contribution is -2.26. The highest BCUT2D eigenvalue weighted by Crippen LogP contribution is 2.45. The third kappa shape index (κ3) is 3.09. The molecule has 1 aromatic rings.